The van der Waals surface area contributed by atoms with E-state index >= 15 is 0 Å². The Labute approximate surface area is 151 Å². The highest BCUT2D eigenvalue weighted by Gasteiger charge is 2.20. The molecule has 3 rings (SSSR count). The van der Waals surface area contributed by atoms with Crippen molar-refractivity contribution in [3.05, 3.63) is 53.9 Å². The van der Waals surface area contributed by atoms with Crippen LogP contribution in [0.25, 0.3) is 22.7 Å². The number of hydrogen-bond donors (Lipinski definition) is 0. The Morgan fingerprint density at radius 2 is 1.96 bits per heavy atom. The molecule has 1 heterocycles. The van der Waals surface area contributed by atoms with E-state index in [1.807, 2.05) is 18.2 Å². The molecule has 1 aromatic heterocycles. The Bertz CT molecular complexity index is 925. The highest BCUT2D eigenvalue weighted by Crippen LogP contribution is 2.30. The van der Waals surface area contributed by atoms with Crippen LogP contribution in [0.1, 0.15) is 18.4 Å². The molecule has 2 aromatic carbocycles. The molecular formula is C20H19NO5. The fourth-order valence-corrected chi connectivity index (χ4v) is 2.50. The molecule has 0 N–H and O–H groups in total. The molecule has 6 heteroatoms. The molecule has 0 radical (unpaired) electrons. The van der Waals surface area contributed by atoms with Gasteiger partial charge in [-0.25, -0.2) is 9.78 Å². The lowest BCUT2D eigenvalue weighted by Crippen LogP contribution is -2.07. The molecule has 134 valence electrons. The van der Waals surface area contributed by atoms with Gasteiger partial charge in [-0.05, 0) is 37.3 Å². The van der Waals surface area contributed by atoms with E-state index < -0.39 is 5.97 Å². The maximum Gasteiger partial charge on any atom is 0.343 e. The standard InChI is InChI=1S/C20H19NO5/c1-4-25-20(22)15(19-21-16-7-5-6-8-17(16)26-19)11-13-9-10-14(23-2)12-18(13)24-3/h5-12H,4H2,1-3H3. The number of ether oxygens (including phenoxy) is 3. The van der Waals surface area contributed by atoms with Crippen LogP contribution < -0.4 is 9.47 Å². The minimum absolute atomic E-state index is 0.197. The minimum atomic E-state index is -0.517. The van der Waals surface area contributed by atoms with Gasteiger partial charge in [0, 0.05) is 11.6 Å². The Kier molecular flexibility index (Phi) is 5.22. The van der Waals surface area contributed by atoms with Crippen molar-refractivity contribution in [2.75, 3.05) is 20.8 Å². The first-order valence-electron chi connectivity index (χ1n) is 8.13. The second-order valence-corrected chi connectivity index (χ2v) is 5.37. The Morgan fingerprint density at radius 3 is 2.65 bits per heavy atom. The number of methoxy groups -OCH3 is 2. The third-order valence-corrected chi connectivity index (χ3v) is 3.76. The molecule has 0 aliphatic carbocycles. The van der Waals surface area contributed by atoms with E-state index in [1.54, 1.807) is 51.5 Å². The summed E-state index contributed by atoms with van der Waals surface area (Å²) in [7, 11) is 3.13. The van der Waals surface area contributed by atoms with Crippen LogP contribution in [-0.2, 0) is 9.53 Å². The summed E-state index contributed by atoms with van der Waals surface area (Å²) in [5, 5.41) is 0. The van der Waals surface area contributed by atoms with Gasteiger partial charge >= 0.3 is 5.97 Å². The lowest BCUT2D eigenvalue weighted by Gasteiger charge is -2.09. The van der Waals surface area contributed by atoms with Crippen LogP contribution in [0.4, 0.5) is 0 Å². The first kappa shape index (κ1) is 17.5. The number of benzene rings is 2. The van der Waals surface area contributed by atoms with Gasteiger partial charge in [0.15, 0.2) is 5.58 Å². The molecule has 0 aliphatic rings. The summed E-state index contributed by atoms with van der Waals surface area (Å²) in [5.74, 6) is 0.889. The van der Waals surface area contributed by atoms with E-state index in [0.29, 0.717) is 28.2 Å². The summed E-state index contributed by atoms with van der Waals surface area (Å²) >= 11 is 0. The molecule has 0 atom stereocenters. The zero-order valence-corrected chi connectivity index (χ0v) is 14.8. The van der Waals surface area contributed by atoms with Crippen molar-refractivity contribution >= 4 is 28.7 Å². The lowest BCUT2D eigenvalue weighted by molar-refractivity contribution is -0.136. The van der Waals surface area contributed by atoms with Gasteiger partial charge in [-0.1, -0.05) is 12.1 Å². The Hall–Kier alpha value is -3.28. The predicted molar refractivity (Wildman–Crippen MR) is 98.1 cm³/mol. The third kappa shape index (κ3) is 3.54. The Morgan fingerprint density at radius 1 is 1.15 bits per heavy atom. The smallest absolute Gasteiger partial charge is 0.343 e. The molecular weight excluding hydrogens is 334 g/mol. The lowest BCUT2D eigenvalue weighted by atomic mass is 10.1. The summed E-state index contributed by atoms with van der Waals surface area (Å²) in [6, 6.07) is 12.6. The van der Waals surface area contributed by atoms with E-state index in [2.05, 4.69) is 4.98 Å². The van der Waals surface area contributed by atoms with E-state index in [-0.39, 0.29) is 18.1 Å². The molecule has 0 amide bonds. The fraction of sp³-hybridized carbons (Fsp3) is 0.200. The van der Waals surface area contributed by atoms with Gasteiger partial charge in [-0.15, -0.1) is 0 Å². The van der Waals surface area contributed by atoms with Gasteiger partial charge in [0.05, 0.1) is 20.8 Å². The number of carbonyl (C=O) groups is 1. The zero-order valence-electron chi connectivity index (χ0n) is 14.8. The third-order valence-electron chi connectivity index (χ3n) is 3.76. The van der Waals surface area contributed by atoms with Crippen molar-refractivity contribution in [2.45, 2.75) is 6.92 Å². The fourth-order valence-electron chi connectivity index (χ4n) is 2.50. The topological polar surface area (TPSA) is 70.8 Å². The molecule has 0 saturated carbocycles. The summed E-state index contributed by atoms with van der Waals surface area (Å²) in [6.45, 7) is 1.99. The normalized spacial score (nSPS) is 11.4. The highest BCUT2D eigenvalue weighted by atomic mass is 16.5. The van der Waals surface area contributed by atoms with Crippen LogP contribution in [0.2, 0.25) is 0 Å². The summed E-state index contributed by atoms with van der Waals surface area (Å²) in [5.41, 5.74) is 2.16. The van der Waals surface area contributed by atoms with Crippen molar-refractivity contribution in [2.24, 2.45) is 0 Å². The quantitative estimate of drug-likeness (QED) is 0.494. The van der Waals surface area contributed by atoms with Gasteiger partial charge in [0.25, 0.3) is 0 Å². The maximum atomic E-state index is 12.5. The van der Waals surface area contributed by atoms with Crippen LogP contribution >= 0.6 is 0 Å². The van der Waals surface area contributed by atoms with Crippen molar-refractivity contribution in [1.29, 1.82) is 0 Å². The van der Waals surface area contributed by atoms with E-state index in [1.165, 1.54) is 0 Å². The molecule has 3 aromatic rings. The average Bonchev–Trinajstić information content (AvgIpc) is 3.09. The Balaban J connectivity index is 2.12. The number of fused-ring (bicyclic) bond motifs is 1. The van der Waals surface area contributed by atoms with Gasteiger partial charge in [0.1, 0.15) is 22.6 Å². The zero-order chi connectivity index (χ0) is 18.5. The summed E-state index contributed by atoms with van der Waals surface area (Å²) < 4.78 is 21.5. The average molecular weight is 353 g/mol. The number of esters is 1. The van der Waals surface area contributed by atoms with Crippen molar-refractivity contribution < 1.29 is 23.4 Å². The van der Waals surface area contributed by atoms with Crippen molar-refractivity contribution in [3.8, 4) is 11.5 Å². The summed E-state index contributed by atoms with van der Waals surface area (Å²) in [4.78, 5) is 16.9. The maximum absolute atomic E-state index is 12.5. The number of rotatable bonds is 6. The summed E-state index contributed by atoms with van der Waals surface area (Å²) in [6.07, 6.45) is 1.64. The van der Waals surface area contributed by atoms with E-state index in [0.717, 1.165) is 0 Å². The number of hydrogen-bond acceptors (Lipinski definition) is 6. The van der Waals surface area contributed by atoms with E-state index in [4.69, 9.17) is 18.6 Å². The molecule has 6 nitrogen and oxygen atoms in total. The number of oxazole rings is 1. The first-order chi connectivity index (χ1) is 12.7. The molecule has 0 unspecified atom stereocenters. The van der Waals surface area contributed by atoms with Crippen LogP contribution in [0, 0.1) is 0 Å². The molecule has 0 fully saturated rings. The number of nitrogens with zero attached hydrogens (tertiary/aromatic N) is 1. The SMILES string of the molecule is CCOC(=O)C(=Cc1ccc(OC)cc1OC)c1nc2ccccc2o1. The van der Waals surface area contributed by atoms with Gasteiger partial charge in [0.2, 0.25) is 5.89 Å². The number of carbonyl (C=O) groups excluding carboxylic acids is 1. The minimum Gasteiger partial charge on any atom is -0.497 e. The predicted octanol–water partition coefficient (Wildman–Crippen LogP) is 3.95. The van der Waals surface area contributed by atoms with Crippen LogP contribution in [0.3, 0.4) is 0 Å². The van der Waals surface area contributed by atoms with Gasteiger partial charge in [-0.3, -0.25) is 0 Å². The van der Waals surface area contributed by atoms with Crippen LogP contribution in [0.5, 0.6) is 11.5 Å². The molecule has 0 aliphatic heterocycles. The van der Waals surface area contributed by atoms with E-state index in [9.17, 15) is 4.79 Å². The number of para-hydroxylation sites is 2. The van der Waals surface area contributed by atoms with Gasteiger partial charge in [-0.2, -0.15) is 0 Å². The molecule has 0 bridgehead atoms. The number of aromatic nitrogens is 1. The van der Waals surface area contributed by atoms with Crippen LogP contribution in [-0.4, -0.2) is 31.8 Å². The molecule has 0 spiro atoms. The van der Waals surface area contributed by atoms with Crippen LogP contribution in [0.15, 0.2) is 46.9 Å². The second kappa shape index (κ2) is 7.74. The van der Waals surface area contributed by atoms with Gasteiger partial charge < -0.3 is 18.6 Å². The largest absolute Gasteiger partial charge is 0.497 e. The molecule has 26 heavy (non-hydrogen) atoms. The highest BCUT2D eigenvalue weighted by molar-refractivity contribution is 6.20. The van der Waals surface area contributed by atoms with Crippen molar-refractivity contribution in [1.82, 2.24) is 4.98 Å². The second-order valence-electron chi connectivity index (χ2n) is 5.37. The first-order valence-corrected chi connectivity index (χ1v) is 8.13. The van der Waals surface area contributed by atoms with Crippen molar-refractivity contribution in [3.63, 3.8) is 0 Å². The molecule has 0 saturated heterocycles. The monoisotopic (exact) mass is 353 g/mol.